The van der Waals surface area contributed by atoms with Gasteiger partial charge in [-0.3, -0.25) is 14.9 Å². The lowest BCUT2D eigenvalue weighted by Gasteiger charge is -2.23. The van der Waals surface area contributed by atoms with Crippen molar-refractivity contribution in [3.05, 3.63) is 35.9 Å². The Morgan fingerprint density at radius 3 is 2.44 bits per heavy atom. The first-order valence-electron chi connectivity index (χ1n) is 5.60. The van der Waals surface area contributed by atoms with E-state index in [1.165, 1.54) is 0 Å². The summed E-state index contributed by atoms with van der Waals surface area (Å²) >= 11 is 0. The lowest BCUT2D eigenvalue weighted by atomic mass is 10.1. The predicted molar refractivity (Wildman–Crippen MR) is 66.0 cm³/mol. The SMILES string of the molecule is CC(C)(NCC(=O)O)C(=O)OCc1ccccc1. The van der Waals surface area contributed by atoms with Crippen LogP contribution in [-0.4, -0.2) is 29.1 Å². The highest BCUT2D eigenvalue weighted by molar-refractivity contribution is 5.80. The largest absolute Gasteiger partial charge is 0.480 e. The summed E-state index contributed by atoms with van der Waals surface area (Å²) in [5.41, 5.74) is -0.132. The van der Waals surface area contributed by atoms with Gasteiger partial charge in [0.1, 0.15) is 12.1 Å². The monoisotopic (exact) mass is 251 g/mol. The Kier molecular flexibility index (Phi) is 4.85. The van der Waals surface area contributed by atoms with Gasteiger partial charge in [-0.05, 0) is 19.4 Å². The zero-order valence-electron chi connectivity index (χ0n) is 10.5. The van der Waals surface area contributed by atoms with Gasteiger partial charge in [0.2, 0.25) is 0 Å². The van der Waals surface area contributed by atoms with Crippen molar-refractivity contribution < 1.29 is 19.4 Å². The van der Waals surface area contributed by atoms with E-state index in [4.69, 9.17) is 9.84 Å². The molecule has 0 aliphatic heterocycles. The van der Waals surface area contributed by atoms with Gasteiger partial charge in [-0.2, -0.15) is 0 Å². The van der Waals surface area contributed by atoms with E-state index in [0.717, 1.165) is 5.56 Å². The quantitative estimate of drug-likeness (QED) is 0.743. The van der Waals surface area contributed by atoms with Gasteiger partial charge in [0.15, 0.2) is 0 Å². The highest BCUT2D eigenvalue weighted by atomic mass is 16.5. The minimum absolute atomic E-state index is 0.178. The van der Waals surface area contributed by atoms with Crippen LogP contribution in [0.2, 0.25) is 0 Å². The Hall–Kier alpha value is -1.88. The lowest BCUT2D eigenvalue weighted by molar-refractivity contribution is -0.152. The number of carboxylic acid groups (broad SMARTS) is 1. The Balaban J connectivity index is 2.46. The number of rotatable bonds is 6. The second-order valence-electron chi connectivity index (χ2n) is 4.43. The molecule has 0 atom stereocenters. The van der Waals surface area contributed by atoms with Crippen LogP contribution in [0.4, 0.5) is 0 Å². The van der Waals surface area contributed by atoms with E-state index in [1.807, 2.05) is 30.3 Å². The molecule has 0 fully saturated rings. The van der Waals surface area contributed by atoms with Gasteiger partial charge in [-0.25, -0.2) is 0 Å². The van der Waals surface area contributed by atoms with Crippen LogP contribution >= 0.6 is 0 Å². The van der Waals surface area contributed by atoms with Gasteiger partial charge in [-0.1, -0.05) is 30.3 Å². The Bertz CT molecular complexity index is 414. The summed E-state index contributed by atoms with van der Waals surface area (Å²) in [6, 6.07) is 9.30. The molecule has 0 amide bonds. The molecule has 0 spiro atoms. The fraction of sp³-hybridized carbons (Fsp3) is 0.385. The molecule has 2 N–H and O–H groups in total. The molecule has 0 aliphatic carbocycles. The smallest absolute Gasteiger partial charge is 0.326 e. The number of carboxylic acids is 1. The highest BCUT2D eigenvalue weighted by Gasteiger charge is 2.29. The molecule has 1 aromatic rings. The third-order valence-electron chi connectivity index (χ3n) is 2.40. The van der Waals surface area contributed by atoms with E-state index in [-0.39, 0.29) is 13.2 Å². The second kappa shape index (κ2) is 6.16. The fourth-order valence-corrected chi connectivity index (χ4v) is 1.27. The van der Waals surface area contributed by atoms with Crippen molar-refractivity contribution in [2.45, 2.75) is 26.0 Å². The number of aliphatic carboxylic acids is 1. The van der Waals surface area contributed by atoms with E-state index in [0.29, 0.717) is 0 Å². The molecule has 0 saturated carbocycles. The summed E-state index contributed by atoms with van der Waals surface area (Å²) in [4.78, 5) is 22.2. The van der Waals surface area contributed by atoms with Crippen LogP contribution < -0.4 is 5.32 Å². The summed E-state index contributed by atoms with van der Waals surface area (Å²) in [5, 5.41) is 11.2. The lowest BCUT2D eigenvalue weighted by Crippen LogP contribution is -2.49. The molecule has 0 bridgehead atoms. The number of hydrogen-bond donors (Lipinski definition) is 2. The average molecular weight is 251 g/mol. The predicted octanol–water partition coefficient (Wildman–Crippen LogP) is 1.18. The first-order valence-corrected chi connectivity index (χ1v) is 5.60. The molecule has 18 heavy (non-hydrogen) atoms. The summed E-state index contributed by atoms with van der Waals surface area (Å²) < 4.78 is 5.13. The summed E-state index contributed by atoms with van der Waals surface area (Å²) in [6.07, 6.45) is 0. The van der Waals surface area contributed by atoms with Crippen molar-refractivity contribution in [2.24, 2.45) is 0 Å². The highest BCUT2D eigenvalue weighted by Crippen LogP contribution is 2.08. The molecule has 0 aliphatic rings. The zero-order valence-corrected chi connectivity index (χ0v) is 10.5. The maximum atomic E-state index is 11.8. The zero-order chi connectivity index (χ0) is 13.6. The molecule has 5 heteroatoms. The normalized spacial score (nSPS) is 11.0. The van der Waals surface area contributed by atoms with Crippen molar-refractivity contribution in [1.82, 2.24) is 5.32 Å². The summed E-state index contributed by atoms with van der Waals surface area (Å²) in [5.74, 6) is -1.49. The van der Waals surface area contributed by atoms with Crippen LogP contribution in [0, 0.1) is 0 Å². The molecule has 98 valence electrons. The average Bonchev–Trinajstić information content (AvgIpc) is 2.35. The molecule has 1 aromatic carbocycles. The van der Waals surface area contributed by atoms with Crippen molar-refractivity contribution in [3.63, 3.8) is 0 Å². The minimum atomic E-state index is -1.02. The van der Waals surface area contributed by atoms with Gasteiger partial charge < -0.3 is 9.84 Å². The van der Waals surface area contributed by atoms with Crippen molar-refractivity contribution in [3.8, 4) is 0 Å². The fourth-order valence-electron chi connectivity index (χ4n) is 1.27. The molecule has 0 aromatic heterocycles. The second-order valence-corrected chi connectivity index (χ2v) is 4.43. The topological polar surface area (TPSA) is 75.6 Å². The van der Waals surface area contributed by atoms with Crippen LogP contribution in [0.25, 0.3) is 0 Å². The molecule has 0 radical (unpaired) electrons. The summed E-state index contributed by atoms with van der Waals surface area (Å²) in [6.45, 7) is 3.07. The van der Waals surface area contributed by atoms with Crippen molar-refractivity contribution in [1.29, 1.82) is 0 Å². The Morgan fingerprint density at radius 1 is 1.28 bits per heavy atom. The minimum Gasteiger partial charge on any atom is -0.480 e. The number of carbonyl (C=O) groups excluding carboxylic acids is 1. The standard InChI is InChI=1S/C13H17NO4/c1-13(2,14-8-11(15)16)12(17)18-9-10-6-4-3-5-7-10/h3-7,14H,8-9H2,1-2H3,(H,15,16). The van der Waals surface area contributed by atoms with E-state index in [9.17, 15) is 9.59 Å². The number of benzene rings is 1. The first-order chi connectivity index (χ1) is 8.42. The van der Waals surface area contributed by atoms with Crippen molar-refractivity contribution in [2.75, 3.05) is 6.54 Å². The van der Waals surface area contributed by atoms with Gasteiger partial charge >= 0.3 is 11.9 Å². The molecule has 0 unspecified atom stereocenters. The Morgan fingerprint density at radius 2 is 1.89 bits per heavy atom. The molecular formula is C13H17NO4. The maximum Gasteiger partial charge on any atom is 0.326 e. The molecule has 0 heterocycles. The number of carbonyl (C=O) groups is 2. The van der Waals surface area contributed by atoms with Crippen LogP contribution in [0.15, 0.2) is 30.3 Å². The molecule has 0 saturated heterocycles. The van der Waals surface area contributed by atoms with Crippen LogP contribution in [0.3, 0.4) is 0 Å². The maximum absolute atomic E-state index is 11.8. The van der Waals surface area contributed by atoms with Crippen molar-refractivity contribution >= 4 is 11.9 Å². The van der Waals surface area contributed by atoms with E-state index in [1.54, 1.807) is 13.8 Å². The van der Waals surface area contributed by atoms with Gasteiger partial charge in [0.25, 0.3) is 0 Å². The van der Waals surface area contributed by atoms with Crippen LogP contribution in [-0.2, 0) is 20.9 Å². The number of ether oxygens (including phenoxy) is 1. The number of hydrogen-bond acceptors (Lipinski definition) is 4. The third-order valence-corrected chi connectivity index (χ3v) is 2.40. The van der Waals surface area contributed by atoms with Gasteiger partial charge in [0, 0.05) is 0 Å². The third kappa shape index (κ3) is 4.55. The molecule has 1 rings (SSSR count). The number of nitrogens with one attached hydrogen (secondary N) is 1. The first kappa shape index (κ1) is 14.2. The number of esters is 1. The van der Waals surface area contributed by atoms with Gasteiger partial charge in [0.05, 0.1) is 6.54 Å². The van der Waals surface area contributed by atoms with Crippen LogP contribution in [0.5, 0.6) is 0 Å². The Labute approximate surface area is 106 Å². The van der Waals surface area contributed by atoms with Gasteiger partial charge in [-0.15, -0.1) is 0 Å². The van der Waals surface area contributed by atoms with E-state index >= 15 is 0 Å². The van der Waals surface area contributed by atoms with E-state index < -0.39 is 17.5 Å². The summed E-state index contributed by atoms with van der Waals surface area (Å²) in [7, 11) is 0. The molecule has 5 nitrogen and oxygen atoms in total. The van der Waals surface area contributed by atoms with E-state index in [2.05, 4.69) is 5.32 Å². The van der Waals surface area contributed by atoms with Crippen LogP contribution in [0.1, 0.15) is 19.4 Å². The molecular weight excluding hydrogens is 234 g/mol.